The predicted octanol–water partition coefficient (Wildman–Crippen LogP) is 3.07. The van der Waals surface area contributed by atoms with Crippen LogP contribution in [0.4, 0.5) is 0 Å². The number of hydrogen-bond donors (Lipinski definition) is 1. The van der Waals surface area contributed by atoms with Crippen molar-refractivity contribution in [3.05, 3.63) is 22.5 Å². The molecule has 18 heavy (non-hydrogen) atoms. The lowest BCUT2D eigenvalue weighted by Crippen LogP contribution is -2.26. The van der Waals surface area contributed by atoms with Gasteiger partial charge in [0, 0.05) is 30.9 Å². The second-order valence-electron chi connectivity index (χ2n) is 5.62. The lowest BCUT2D eigenvalue weighted by Gasteiger charge is -2.15. The van der Waals surface area contributed by atoms with Crippen LogP contribution in [0.1, 0.15) is 44.6 Å². The zero-order chi connectivity index (χ0) is 13.9. The molecule has 3 nitrogen and oxygen atoms in total. The number of aryl methyl sites for hydroxylation is 2. The van der Waals surface area contributed by atoms with Gasteiger partial charge in [0.15, 0.2) is 0 Å². The van der Waals surface area contributed by atoms with Crippen LogP contribution in [0.3, 0.4) is 0 Å². The van der Waals surface area contributed by atoms with Gasteiger partial charge in [0.25, 0.3) is 0 Å². The van der Waals surface area contributed by atoms with E-state index in [2.05, 4.69) is 58.0 Å². The largest absolute Gasteiger partial charge is 0.311 e. The van der Waals surface area contributed by atoms with E-state index < -0.39 is 0 Å². The number of nitrogens with one attached hydrogen (secondary N) is 1. The molecule has 0 bridgehead atoms. The van der Waals surface area contributed by atoms with Crippen molar-refractivity contribution in [2.45, 2.75) is 47.6 Å². The molecule has 3 heteroatoms. The molecule has 0 spiro atoms. The second-order valence-corrected chi connectivity index (χ2v) is 5.62. The highest BCUT2D eigenvalue weighted by molar-refractivity contribution is 5.58. The van der Waals surface area contributed by atoms with E-state index in [1.807, 2.05) is 11.7 Å². The fourth-order valence-electron chi connectivity index (χ4n) is 1.93. The van der Waals surface area contributed by atoms with Crippen LogP contribution in [-0.2, 0) is 7.05 Å². The molecule has 0 amide bonds. The Morgan fingerprint density at radius 3 is 2.28 bits per heavy atom. The van der Waals surface area contributed by atoms with Crippen molar-refractivity contribution in [3.8, 4) is 0 Å². The molecule has 0 unspecified atom stereocenters. The summed E-state index contributed by atoms with van der Waals surface area (Å²) in [7, 11) is 2.00. The lowest BCUT2D eigenvalue weighted by atomic mass is 9.99. The normalized spacial score (nSPS) is 12.8. The first-order valence-electron chi connectivity index (χ1n) is 6.77. The Balaban J connectivity index is 3.00. The molecule has 0 fully saturated rings. The zero-order valence-electron chi connectivity index (χ0n) is 12.8. The maximum atomic E-state index is 4.47. The first kappa shape index (κ1) is 15.0. The molecule has 0 aliphatic heterocycles. The van der Waals surface area contributed by atoms with Crippen molar-refractivity contribution >= 4 is 6.08 Å². The maximum absolute atomic E-state index is 4.47. The number of rotatable bonds is 5. The highest BCUT2D eigenvalue weighted by Gasteiger charge is 2.10. The summed E-state index contributed by atoms with van der Waals surface area (Å²) in [5, 5.41) is 7.97. The molecule has 1 aromatic rings. The van der Waals surface area contributed by atoms with Crippen LogP contribution in [-0.4, -0.2) is 22.4 Å². The predicted molar refractivity (Wildman–Crippen MR) is 78.6 cm³/mol. The van der Waals surface area contributed by atoms with E-state index in [1.165, 1.54) is 16.8 Å². The number of nitrogens with zero attached hydrogens (tertiary/aromatic N) is 2. The summed E-state index contributed by atoms with van der Waals surface area (Å²) in [5.41, 5.74) is 5.04. The van der Waals surface area contributed by atoms with Crippen LogP contribution < -0.4 is 5.32 Å². The van der Waals surface area contributed by atoms with Gasteiger partial charge in [0.1, 0.15) is 0 Å². The number of aromatic nitrogens is 2. The summed E-state index contributed by atoms with van der Waals surface area (Å²) < 4.78 is 1.95. The van der Waals surface area contributed by atoms with Gasteiger partial charge in [0.2, 0.25) is 0 Å². The van der Waals surface area contributed by atoms with Gasteiger partial charge < -0.3 is 5.32 Å². The minimum atomic E-state index is 0.517. The Labute approximate surface area is 111 Å². The molecule has 1 aromatic heterocycles. The van der Waals surface area contributed by atoms with Crippen molar-refractivity contribution in [2.75, 3.05) is 6.54 Å². The Kier molecular flexibility index (Phi) is 5.15. The third-order valence-electron chi connectivity index (χ3n) is 3.35. The molecule has 102 valence electrons. The van der Waals surface area contributed by atoms with E-state index in [0.29, 0.717) is 12.0 Å². The van der Waals surface area contributed by atoms with E-state index in [-0.39, 0.29) is 0 Å². The molecule has 1 heterocycles. The quantitative estimate of drug-likeness (QED) is 0.869. The zero-order valence-corrected chi connectivity index (χ0v) is 12.8. The van der Waals surface area contributed by atoms with Gasteiger partial charge in [-0.05, 0) is 19.8 Å². The van der Waals surface area contributed by atoms with Crippen LogP contribution in [0.25, 0.3) is 6.08 Å². The van der Waals surface area contributed by atoms with Crippen molar-refractivity contribution in [2.24, 2.45) is 13.0 Å². The maximum Gasteiger partial charge on any atom is 0.0668 e. The average Bonchev–Trinajstić information content (AvgIpc) is 2.49. The molecule has 0 radical (unpaired) electrons. The molecular formula is C15H27N3. The molecule has 0 saturated heterocycles. The van der Waals surface area contributed by atoms with Crippen molar-refractivity contribution in [1.29, 1.82) is 0 Å². The SMILES string of the molecule is Cc1nn(C)c(C)c1C=C(CNC(C)C)C(C)C. The smallest absolute Gasteiger partial charge is 0.0668 e. The minimum absolute atomic E-state index is 0.517. The van der Waals surface area contributed by atoms with Gasteiger partial charge in [-0.2, -0.15) is 5.10 Å². The molecule has 1 rings (SSSR count). The van der Waals surface area contributed by atoms with Crippen LogP contribution in [0.5, 0.6) is 0 Å². The van der Waals surface area contributed by atoms with Crippen molar-refractivity contribution < 1.29 is 0 Å². The lowest BCUT2D eigenvalue weighted by molar-refractivity contribution is 0.593. The van der Waals surface area contributed by atoms with Crippen LogP contribution in [0.2, 0.25) is 0 Å². The van der Waals surface area contributed by atoms with Gasteiger partial charge >= 0.3 is 0 Å². The third-order valence-corrected chi connectivity index (χ3v) is 3.35. The van der Waals surface area contributed by atoms with Gasteiger partial charge in [-0.25, -0.2) is 0 Å². The monoisotopic (exact) mass is 249 g/mol. The minimum Gasteiger partial charge on any atom is -0.311 e. The van der Waals surface area contributed by atoms with E-state index in [0.717, 1.165) is 12.2 Å². The topological polar surface area (TPSA) is 29.9 Å². The number of hydrogen-bond acceptors (Lipinski definition) is 2. The third kappa shape index (κ3) is 3.70. The summed E-state index contributed by atoms with van der Waals surface area (Å²) in [6.45, 7) is 14.0. The molecular weight excluding hydrogens is 222 g/mol. The average molecular weight is 249 g/mol. The fraction of sp³-hybridized carbons (Fsp3) is 0.667. The van der Waals surface area contributed by atoms with Gasteiger partial charge in [-0.15, -0.1) is 0 Å². The summed E-state index contributed by atoms with van der Waals surface area (Å²) in [6.07, 6.45) is 2.30. The summed E-state index contributed by atoms with van der Waals surface area (Å²) >= 11 is 0. The summed E-state index contributed by atoms with van der Waals surface area (Å²) in [6, 6.07) is 0.517. The van der Waals surface area contributed by atoms with Crippen LogP contribution in [0.15, 0.2) is 5.57 Å². The van der Waals surface area contributed by atoms with Gasteiger partial charge in [-0.3, -0.25) is 4.68 Å². The fourth-order valence-corrected chi connectivity index (χ4v) is 1.93. The highest BCUT2D eigenvalue weighted by atomic mass is 15.3. The molecule has 1 N–H and O–H groups in total. The Bertz CT molecular complexity index is 425. The molecule has 0 aliphatic rings. The van der Waals surface area contributed by atoms with Crippen LogP contribution >= 0.6 is 0 Å². The Morgan fingerprint density at radius 1 is 1.28 bits per heavy atom. The van der Waals surface area contributed by atoms with E-state index in [1.54, 1.807) is 0 Å². The molecule has 0 saturated carbocycles. The first-order chi connectivity index (χ1) is 8.32. The summed E-state index contributed by atoms with van der Waals surface area (Å²) in [5.74, 6) is 0.551. The van der Waals surface area contributed by atoms with E-state index >= 15 is 0 Å². The van der Waals surface area contributed by atoms with Gasteiger partial charge in [-0.1, -0.05) is 39.3 Å². The van der Waals surface area contributed by atoms with E-state index in [4.69, 9.17) is 0 Å². The van der Waals surface area contributed by atoms with E-state index in [9.17, 15) is 0 Å². The summed E-state index contributed by atoms with van der Waals surface area (Å²) in [4.78, 5) is 0. The highest BCUT2D eigenvalue weighted by Crippen LogP contribution is 2.19. The Morgan fingerprint density at radius 2 is 1.89 bits per heavy atom. The molecule has 0 aliphatic carbocycles. The van der Waals surface area contributed by atoms with Gasteiger partial charge in [0.05, 0.1) is 5.69 Å². The second kappa shape index (κ2) is 6.19. The molecule has 0 aromatic carbocycles. The Hall–Kier alpha value is -1.09. The van der Waals surface area contributed by atoms with Crippen molar-refractivity contribution in [3.63, 3.8) is 0 Å². The van der Waals surface area contributed by atoms with Crippen molar-refractivity contribution in [1.82, 2.24) is 15.1 Å². The molecule has 0 atom stereocenters. The first-order valence-corrected chi connectivity index (χ1v) is 6.77. The standard InChI is InChI=1S/C15H27N3/c1-10(2)14(9-16-11(3)4)8-15-12(5)17-18(7)13(15)6/h8,10-11,16H,9H2,1-7H3. The van der Waals surface area contributed by atoms with Crippen LogP contribution in [0, 0.1) is 19.8 Å².